The highest BCUT2D eigenvalue weighted by Crippen LogP contribution is 2.18. The molecular weight excluding hydrogens is 326 g/mol. The number of aliphatic hydroxyl groups excluding tert-OH is 1. The van der Waals surface area contributed by atoms with Crippen LogP contribution in [-0.2, 0) is 13.1 Å². The lowest BCUT2D eigenvalue weighted by molar-refractivity contribution is 0.120. The third-order valence-electron chi connectivity index (χ3n) is 4.68. The Morgan fingerprint density at radius 1 is 1.19 bits per heavy atom. The average Bonchev–Trinajstić information content (AvgIpc) is 3.10. The normalized spacial score (nSPS) is 20.8. The summed E-state index contributed by atoms with van der Waals surface area (Å²) in [6.07, 6.45) is 7.50. The van der Waals surface area contributed by atoms with Crippen LogP contribution < -0.4 is 10.6 Å². The van der Waals surface area contributed by atoms with Gasteiger partial charge < -0.3 is 15.7 Å². The molecule has 140 valence electrons. The summed E-state index contributed by atoms with van der Waals surface area (Å²) in [6, 6.07) is 10.7. The zero-order valence-electron chi connectivity index (χ0n) is 15.4. The van der Waals surface area contributed by atoms with Crippen molar-refractivity contribution in [1.29, 1.82) is 0 Å². The van der Waals surface area contributed by atoms with Crippen molar-refractivity contribution in [2.24, 2.45) is 4.99 Å². The number of nitrogens with zero attached hydrogens (tertiary/aromatic N) is 3. The highest BCUT2D eigenvalue weighted by atomic mass is 16.3. The number of nitrogens with one attached hydrogen (secondary N) is 2. The smallest absolute Gasteiger partial charge is 0.191 e. The molecule has 26 heavy (non-hydrogen) atoms. The number of benzene rings is 1. The van der Waals surface area contributed by atoms with Crippen molar-refractivity contribution in [3.8, 4) is 0 Å². The molecule has 1 aromatic carbocycles. The summed E-state index contributed by atoms with van der Waals surface area (Å²) in [5.41, 5.74) is 2.33. The van der Waals surface area contributed by atoms with Crippen molar-refractivity contribution in [1.82, 2.24) is 20.4 Å². The van der Waals surface area contributed by atoms with Crippen molar-refractivity contribution in [3.63, 3.8) is 0 Å². The maximum absolute atomic E-state index is 9.64. The Bertz CT molecular complexity index is 689. The van der Waals surface area contributed by atoms with Gasteiger partial charge in [-0.25, -0.2) is 4.99 Å². The number of aromatic nitrogens is 2. The lowest BCUT2D eigenvalue weighted by atomic mass is 9.93. The van der Waals surface area contributed by atoms with Gasteiger partial charge in [0.15, 0.2) is 5.96 Å². The highest BCUT2D eigenvalue weighted by Gasteiger charge is 2.19. The van der Waals surface area contributed by atoms with Gasteiger partial charge in [0.25, 0.3) is 0 Å². The quantitative estimate of drug-likeness (QED) is 0.549. The number of aliphatic hydroxyl groups is 1. The Balaban J connectivity index is 1.55. The van der Waals surface area contributed by atoms with E-state index in [1.807, 2.05) is 29.1 Å². The van der Waals surface area contributed by atoms with Crippen LogP contribution in [0.4, 0.5) is 0 Å². The fourth-order valence-corrected chi connectivity index (χ4v) is 3.25. The van der Waals surface area contributed by atoms with E-state index in [4.69, 9.17) is 4.99 Å². The minimum atomic E-state index is -0.136. The summed E-state index contributed by atoms with van der Waals surface area (Å²) in [4.78, 5) is 4.70. The maximum atomic E-state index is 9.64. The molecule has 0 amide bonds. The number of hydrogen-bond donors (Lipinski definition) is 3. The van der Waals surface area contributed by atoms with E-state index in [9.17, 15) is 5.11 Å². The van der Waals surface area contributed by atoms with E-state index >= 15 is 0 Å². The molecule has 1 fully saturated rings. The van der Waals surface area contributed by atoms with Gasteiger partial charge in [0.05, 0.1) is 25.4 Å². The van der Waals surface area contributed by atoms with Crippen LogP contribution >= 0.6 is 0 Å². The fourth-order valence-electron chi connectivity index (χ4n) is 3.25. The first kappa shape index (κ1) is 18.5. The van der Waals surface area contributed by atoms with E-state index in [0.717, 1.165) is 50.3 Å². The molecule has 6 heteroatoms. The molecule has 1 aliphatic carbocycles. The molecule has 3 N–H and O–H groups in total. The van der Waals surface area contributed by atoms with E-state index in [1.165, 1.54) is 5.56 Å². The number of rotatable bonds is 6. The second-order valence-electron chi connectivity index (χ2n) is 6.88. The second kappa shape index (κ2) is 9.38. The van der Waals surface area contributed by atoms with Crippen LogP contribution in [0.2, 0.25) is 0 Å². The molecule has 0 atom stereocenters. The largest absolute Gasteiger partial charge is 0.393 e. The Hall–Kier alpha value is -2.34. The molecule has 0 bridgehead atoms. The summed E-state index contributed by atoms with van der Waals surface area (Å²) in [5.74, 6) is 0.838. The van der Waals surface area contributed by atoms with Gasteiger partial charge in [-0.05, 0) is 38.2 Å². The molecule has 0 unspecified atom stereocenters. The molecule has 2 aromatic rings. The van der Waals surface area contributed by atoms with Gasteiger partial charge in [-0.2, -0.15) is 5.10 Å². The second-order valence-corrected chi connectivity index (χ2v) is 6.88. The van der Waals surface area contributed by atoms with Gasteiger partial charge >= 0.3 is 0 Å². The topological polar surface area (TPSA) is 74.5 Å². The first-order chi connectivity index (χ1) is 12.7. The van der Waals surface area contributed by atoms with Gasteiger partial charge in [0, 0.05) is 24.3 Å². The SMILES string of the molecule is CCNC(=NCc1cnn(Cc2ccccc2)c1)NC1CCC(O)CC1. The predicted octanol–water partition coefficient (Wildman–Crippen LogP) is 2.29. The minimum Gasteiger partial charge on any atom is -0.393 e. The van der Waals surface area contributed by atoms with Crippen molar-refractivity contribution >= 4 is 5.96 Å². The summed E-state index contributed by atoms with van der Waals surface area (Å²) < 4.78 is 1.95. The zero-order chi connectivity index (χ0) is 18.2. The summed E-state index contributed by atoms with van der Waals surface area (Å²) in [5, 5.41) is 20.9. The van der Waals surface area contributed by atoms with Crippen LogP contribution in [0, 0.1) is 0 Å². The Morgan fingerprint density at radius 2 is 1.96 bits per heavy atom. The van der Waals surface area contributed by atoms with Crippen molar-refractivity contribution in [2.75, 3.05) is 6.54 Å². The third kappa shape index (κ3) is 5.59. The average molecular weight is 355 g/mol. The Labute approximate surface area is 155 Å². The van der Waals surface area contributed by atoms with Gasteiger partial charge in [-0.1, -0.05) is 30.3 Å². The van der Waals surface area contributed by atoms with Crippen LogP contribution in [0.3, 0.4) is 0 Å². The number of aliphatic imine (C=N–C) groups is 1. The number of guanidine groups is 1. The van der Waals surface area contributed by atoms with E-state index in [0.29, 0.717) is 12.6 Å². The van der Waals surface area contributed by atoms with Crippen LogP contribution in [0.15, 0.2) is 47.7 Å². The highest BCUT2D eigenvalue weighted by molar-refractivity contribution is 5.80. The first-order valence-electron chi connectivity index (χ1n) is 9.51. The fraction of sp³-hybridized carbons (Fsp3) is 0.500. The molecule has 0 aliphatic heterocycles. The molecule has 1 heterocycles. The van der Waals surface area contributed by atoms with Gasteiger partial charge in [-0.15, -0.1) is 0 Å². The van der Waals surface area contributed by atoms with Crippen LogP contribution in [0.25, 0.3) is 0 Å². The van der Waals surface area contributed by atoms with E-state index < -0.39 is 0 Å². The van der Waals surface area contributed by atoms with E-state index in [2.05, 4.69) is 41.0 Å². The van der Waals surface area contributed by atoms with Gasteiger partial charge in [-0.3, -0.25) is 4.68 Å². The van der Waals surface area contributed by atoms with Crippen LogP contribution in [0.1, 0.15) is 43.7 Å². The summed E-state index contributed by atoms with van der Waals surface area (Å²) in [6.45, 7) is 4.26. The van der Waals surface area contributed by atoms with Crippen molar-refractivity contribution in [3.05, 3.63) is 53.9 Å². The Morgan fingerprint density at radius 3 is 2.69 bits per heavy atom. The Kier molecular flexibility index (Phi) is 6.66. The van der Waals surface area contributed by atoms with Gasteiger partial charge in [0.1, 0.15) is 0 Å². The molecule has 1 saturated carbocycles. The number of hydrogen-bond acceptors (Lipinski definition) is 3. The maximum Gasteiger partial charge on any atom is 0.191 e. The monoisotopic (exact) mass is 355 g/mol. The van der Waals surface area contributed by atoms with Crippen molar-refractivity contribution < 1.29 is 5.11 Å². The lowest BCUT2D eigenvalue weighted by Gasteiger charge is -2.27. The molecule has 6 nitrogen and oxygen atoms in total. The first-order valence-corrected chi connectivity index (χ1v) is 9.51. The lowest BCUT2D eigenvalue weighted by Crippen LogP contribution is -2.45. The molecular formula is C20H29N5O. The van der Waals surface area contributed by atoms with E-state index in [-0.39, 0.29) is 6.10 Å². The molecule has 1 aromatic heterocycles. The molecule has 1 aliphatic rings. The molecule has 0 saturated heterocycles. The minimum absolute atomic E-state index is 0.136. The van der Waals surface area contributed by atoms with Gasteiger partial charge in [0.2, 0.25) is 0 Å². The third-order valence-corrected chi connectivity index (χ3v) is 4.68. The molecule has 0 spiro atoms. The standard InChI is InChI=1S/C20H29N5O/c1-2-21-20(24-18-8-10-19(26)11-9-18)22-12-17-13-23-25(15-17)14-16-6-4-3-5-7-16/h3-7,13,15,18-19,26H,2,8-12,14H2,1H3,(H2,21,22,24). The predicted molar refractivity (Wildman–Crippen MR) is 104 cm³/mol. The van der Waals surface area contributed by atoms with Crippen LogP contribution in [0.5, 0.6) is 0 Å². The molecule has 0 radical (unpaired) electrons. The van der Waals surface area contributed by atoms with E-state index in [1.54, 1.807) is 0 Å². The molecule has 3 rings (SSSR count). The van der Waals surface area contributed by atoms with Crippen LogP contribution in [-0.4, -0.2) is 39.5 Å². The zero-order valence-corrected chi connectivity index (χ0v) is 15.4. The summed E-state index contributed by atoms with van der Waals surface area (Å²) in [7, 11) is 0. The summed E-state index contributed by atoms with van der Waals surface area (Å²) >= 11 is 0. The van der Waals surface area contributed by atoms with Crippen molar-refractivity contribution in [2.45, 2.75) is 57.8 Å².